The highest BCUT2D eigenvalue weighted by atomic mass is 16.5. The number of hydrogen-bond acceptors (Lipinski definition) is 4. The standard InChI is InChI=1S/C10H13NO3/c1-7(10(12)14-3)8-5-4-6-9(11-8)13-2/h4-7H,1-3H3. The fraction of sp³-hybridized carbons (Fsp3) is 0.400. The van der Waals surface area contributed by atoms with Gasteiger partial charge in [0.1, 0.15) is 0 Å². The highest BCUT2D eigenvalue weighted by Crippen LogP contribution is 2.16. The summed E-state index contributed by atoms with van der Waals surface area (Å²) in [5.74, 6) is -0.167. The number of ether oxygens (including phenoxy) is 2. The van der Waals surface area contributed by atoms with Crippen LogP contribution in [0.1, 0.15) is 18.5 Å². The summed E-state index contributed by atoms with van der Waals surface area (Å²) in [6, 6.07) is 5.29. The molecule has 4 nitrogen and oxygen atoms in total. The zero-order chi connectivity index (χ0) is 10.6. The molecule has 0 radical (unpaired) electrons. The Labute approximate surface area is 82.9 Å². The molecule has 0 fully saturated rings. The van der Waals surface area contributed by atoms with E-state index in [1.807, 2.05) is 0 Å². The van der Waals surface area contributed by atoms with Crippen LogP contribution in [0.5, 0.6) is 5.88 Å². The van der Waals surface area contributed by atoms with Crippen molar-refractivity contribution in [1.82, 2.24) is 4.98 Å². The zero-order valence-corrected chi connectivity index (χ0v) is 8.48. The van der Waals surface area contributed by atoms with E-state index in [2.05, 4.69) is 9.72 Å². The molecule has 0 spiro atoms. The molecule has 1 rings (SSSR count). The van der Waals surface area contributed by atoms with Crippen molar-refractivity contribution in [2.45, 2.75) is 12.8 Å². The average Bonchev–Trinajstić information content (AvgIpc) is 2.27. The SMILES string of the molecule is COC(=O)C(C)c1cccc(OC)n1. The summed E-state index contributed by atoms with van der Waals surface area (Å²) >= 11 is 0. The lowest BCUT2D eigenvalue weighted by Crippen LogP contribution is -2.12. The molecule has 0 aliphatic heterocycles. The number of carbonyl (C=O) groups is 1. The molecule has 0 bridgehead atoms. The van der Waals surface area contributed by atoms with E-state index in [4.69, 9.17) is 4.74 Å². The molecule has 0 aliphatic carbocycles. The van der Waals surface area contributed by atoms with Crippen molar-refractivity contribution in [1.29, 1.82) is 0 Å². The molecule has 0 aromatic carbocycles. The average molecular weight is 195 g/mol. The fourth-order valence-corrected chi connectivity index (χ4v) is 1.08. The third kappa shape index (κ3) is 2.22. The van der Waals surface area contributed by atoms with Crippen LogP contribution in [0.3, 0.4) is 0 Å². The number of carbonyl (C=O) groups excluding carboxylic acids is 1. The first-order valence-electron chi connectivity index (χ1n) is 4.27. The maximum Gasteiger partial charge on any atom is 0.314 e. The van der Waals surface area contributed by atoms with Gasteiger partial charge in [0, 0.05) is 6.07 Å². The Morgan fingerprint density at radius 2 is 2.14 bits per heavy atom. The van der Waals surface area contributed by atoms with Crippen LogP contribution in [0.15, 0.2) is 18.2 Å². The van der Waals surface area contributed by atoms with E-state index in [1.54, 1.807) is 25.1 Å². The Hall–Kier alpha value is -1.58. The zero-order valence-electron chi connectivity index (χ0n) is 8.48. The summed E-state index contributed by atoms with van der Waals surface area (Å²) in [5.41, 5.74) is 0.649. The molecular formula is C10H13NO3. The van der Waals surface area contributed by atoms with E-state index in [1.165, 1.54) is 14.2 Å². The Kier molecular flexibility index (Phi) is 3.45. The van der Waals surface area contributed by atoms with Gasteiger partial charge in [-0.15, -0.1) is 0 Å². The van der Waals surface area contributed by atoms with Gasteiger partial charge >= 0.3 is 5.97 Å². The highest BCUT2D eigenvalue weighted by Gasteiger charge is 2.17. The van der Waals surface area contributed by atoms with Crippen LogP contribution in [-0.4, -0.2) is 25.2 Å². The van der Waals surface area contributed by atoms with E-state index in [-0.39, 0.29) is 11.9 Å². The number of hydrogen-bond donors (Lipinski definition) is 0. The van der Waals surface area contributed by atoms with Gasteiger partial charge in [-0.1, -0.05) is 6.07 Å². The quantitative estimate of drug-likeness (QED) is 0.683. The maximum atomic E-state index is 11.2. The van der Waals surface area contributed by atoms with Crippen LogP contribution in [0.4, 0.5) is 0 Å². The van der Waals surface area contributed by atoms with Gasteiger partial charge in [-0.05, 0) is 13.0 Å². The molecule has 0 amide bonds. The number of rotatable bonds is 3. The van der Waals surface area contributed by atoms with Crippen LogP contribution in [0.25, 0.3) is 0 Å². The second kappa shape index (κ2) is 4.60. The molecule has 76 valence electrons. The summed E-state index contributed by atoms with van der Waals surface area (Å²) in [5, 5.41) is 0. The van der Waals surface area contributed by atoms with Crippen molar-refractivity contribution in [2.75, 3.05) is 14.2 Å². The molecule has 14 heavy (non-hydrogen) atoms. The second-order valence-corrected chi connectivity index (χ2v) is 2.85. The fourth-order valence-electron chi connectivity index (χ4n) is 1.08. The van der Waals surface area contributed by atoms with Crippen molar-refractivity contribution in [3.8, 4) is 5.88 Å². The predicted octanol–water partition coefficient (Wildman–Crippen LogP) is 1.37. The van der Waals surface area contributed by atoms with E-state index < -0.39 is 0 Å². The molecule has 0 N–H and O–H groups in total. The lowest BCUT2D eigenvalue weighted by molar-refractivity contribution is -0.142. The van der Waals surface area contributed by atoms with Gasteiger partial charge in [0.05, 0.1) is 25.8 Å². The molecule has 1 aromatic rings. The number of methoxy groups -OCH3 is 2. The molecule has 0 saturated carbocycles. The molecular weight excluding hydrogens is 182 g/mol. The van der Waals surface area contributed by atoms with E-state index in [0.717, 1.165) is 0 Å². The smallest absolute Gasteiger partial charge is 0.314 e. The van der Waals surface area contributed by atoms with Crippen molar-refractivity contribution in [3.05, 3.63) is 23.9 Å². The normalized spacial score (nSPS) is 11.9. The number of nitrogens with zero attached hydrogens (tertiary/aromatic N) is 1. The summed E-state index contributed by atoms with van der Waals surface area (Å²) in [4.78, 5) is 15.3. The van der Waals surface area contributed by atoms with Crippen molar-refractivity contribution in [2.24, 2.45) is 0 Å². The minimum atomic E-state index is -0.366. The molecule has 1 atom stereocenters. The molecule has 0 saturated heterocycles. The van der Waals surface area contributed by atoms with Gasteiger partial charge in [-0.2, -0.15) is 0 Å². The van der Waals surface area contributed by atoms with Crippen LogP contribution < -0.4 is 4.74 Å². The van der Waals surface area contributed by atoms with Gasteiger partial charge in [0.15, 0.2) is 0 Å². The van der Waals surface area contributed by atoms with Crippen LogP contribution >= 0.6 is 0 Å². The van der Waals surface area contributed by atoms with Crippen LogP contribution in [0, 0.1) is 0 Å². The maximum absolute atomic E-state index is 11.2. The first-order valence-corrected chi connectivity index (χ1v) is 4.27. The monoisotopic (exact) mass is 195 g/mol. The minimum absolute atomic E-state index is 0.300. The van der Waals surface area contributed by atoms with Gasteiger partial charge in [0.2, 0.25) is 5.88 Å². The summed E-state index contributed by atoms with van der Waals surface area (Å²) in [6.07, 6.45) is 0. The van der Waals surface area contributed by atoms with E-state index >= 15 is 0 Å². The van der Waals surface area contributed by atoms with Crippen molar-refractivity contribution < 1.29 is 14.3 Å². The second-order valence-electron chi connectivity index (χ2n) is 2.85. The lowest BCUT2D eigenvalue weighted by Gasteiger charge is -2.09. The molecule has 4 heteroatoms. The van der Waals surface area contributed by atoms with Crippen LogP contribution in [0.2, 0.25) is 0 Å². The Balaban J connectivity index is 2.89. The Morgan fingerprint density at radius 3 is 2.71 bits per heavy atom. The lowest BCUT2D eigenvalue weighted by atomic mass is 10.1. The predicted molar refractivity (Wildman–Crippen MR) is 51.2 cm³/mol. The van der Waals surface area contributed by atoms with Gasteiger partial charge in [0.25, 0.3) is 0 Å². The van der Waals surface area contributed by atoms with E-state index in [0.29, 0.717) is 11.6 Å². The number of pyridine rings is 1. The molecule has 1 aromatic heterocycles. The topological polar surface area (TPSA) is 48.4 Å². The number of esters is 1. The van der Waals surface area contributed by atoms with E-state index in [9.17, 15) is 4.79 Å². The third-order valence-electron chi connectivity index (χ3n) is 1.95. The Morgan fingerprint density at radius 1 is 1.43 bits per heavy atom. The Bertz CT molecular complexity index is 325. The highest BCUT2D eigenvalue weighted by molar-refractivity contribution is 5.76. The van der Waals surface area contributed by atoms with Gasteiger partial charge in [-0.3, -0.25) is 4.79 Å². The van der Waals surface area contributed by atoms with Crippen molar-refractivity contribution >= 4 is 5.97 Å². The van der Waals surface area contributed by atoms with Crippen LogP contribution in [-0.2, 0) is 9.53 Å². The van der Waals surface area contributed by atoms with Gasteiger partial charge in [-0.25, -0.2) is 4.98 Å². The third-order valence-corrected chi connectivity index (χ3v) is 1.95. The molecule has 1 heterocycles. The van der Waals surface area contributed by atoms with Crippen molar-refractivity contribution in [3.63, 3.8) is 0 Å². The first-order chi connectivity index (χ1) is 6.69. The molecule has 0 aliphatic rings. The summed E-state index contributed by atoms with van der Waals surface area (Å²) < 4.78 is 9.58. The van der Waals surface area contributed by atoms with Gasteiger partial charge < -0.3 is 9.47 Å². The summed E-state index contributed by atoms with van der Waals surface area (Å²) in [7, 11) is 2.90. The largest absolute Gasteiger partial charge is 0.481 e. The first kappa shape index (κ1) is 10.5. The minimum Gasteiger partial charge on any atom is -0.481 e. The summed E-state index contributed by atoms with van der Waals surface area (Å²) in [6.45, 7) is 1.74. The number of aromatic nitrogens is 1. The molecule has 1 unspecified atom stereocenters.